The van der Waals surface area contributed by atoms with Crippen LogP contribution in [0.3, 0.4) is 0 Å². The molecule has 1 N–H and O–H groups in total. The van der Waals surface area contributed by atoms with E-state index in [4.69, 9.17) is 5.10 Å². The van der Waals surface area contributed by atoms with Crippen LogP contribution in [0.2, 0.25) is 0 Å². The van der Waals surface area contributed by atoms with Gasteiger partial charge in [0.2, 0.25) is 0 Å². The zero-order valence-electron chi connectivity index (χ0n) is 15.5. The molecule has 0 bridgehead atoms. The fourth-order valence-electron chi connectivity index (χ4n) is 3.61. The summed E-state index contributed by atoms with van der Waals surface area (Å²) in [6.45, 7) is 15.0. The molecular weight excluding hydrogens is 298 g/mol. The normalized spacial score (nSPS) is 19.6. The second-order valence-electron chi connectivity index (χ2n) is 7.70. The number of hydrogen-bond acceptors (Lipinski definition) is 4. The summed E-state index contributed by atoms with van der Waals surface area (Å²) in [6, 6.07) is 4.64. The van der Waals surface area contributed by atoms with E-state index >= 15 is 0 Å². The Bertz CT molecular complexity index is 684. The third-order valence-electron chi connectivity index (χ3n) is 4.88. The summed E-state index contributed by atoms with van der Waals surface area (Å²) in [5.74, 6) is 0. The van der Waals surface area contributed by atoms with Crippen molar-refractivity contribution in [3.8, 4) is 0 Å². The molecule has 0 spiro atoms. The molecule has 24 heavy (non-hydrogen) atoms. The van der Waals surface area contributed by atoms with Crippen molar-refractivity contribution < 1.29 is 0 Å². The number of piperazine rings is 1. The van der Waals surface area contributed by atoms with Gasteiger partial charge in [-0.25, -0.2) is 0 Å². The lowest BCUT2D eigenvalue weighted by Gasteiger charge is -2.36. The van der Waals surface area contributed by atoms with Gasteiger partial charge in [0, 0.05) is 55.9 Å². The largest absolute Gasteiger partial charge is 0.314 e. The van der Waals surface area contributed by atoms with E-state index in [1.54, 1.807) is 0 Å². The van der Waals surface area contributed by atoms with Crippen LogP contribution in [0.25, 0.3) is 0 Å². The smallest absolute Gasteiger partial charge is 0.0641 e. The Labute approximate surface area is 145 Å². The van der Waals surface area contributed by atoms with E-state index in [1.165, 1.54) is 16.8 Å². The minimum absolute atomic E-state index is 0.0149. The molecule has 2 aromatic heterocycles. The van der Waals surface area contributed by atoms with Crippen molar-refractivity contribution in [2.45, 2.75) is 52.7 Å². The lowest BCUT2D eigenvalue weighted by atomic mass is 10.0. The van der Waals surface area contributed by atoms with Gasteiger partial charge >= 0.3 is 0 Å². The van der Waals surface area contributed by atoms with Crippen molar-refractivity contribution in [2.75, 3.05) is 19.6 Å². The first kappa shape index (κ1) is 17.1. The molecule has 3 rings (SSSR count). The molecule has 0 aromatic carbocycles. The van der Waals surface area contributed by atoms with Crippen molar-refractivity contribution in [1.82, 2.24) is 25.0 Å². The second-order valence-corrected chi connectivity index (χ2v) is 7.70. The van der Waals surface area contributed by atoms with Gasteiger partial charge in [-0.3, -0.25) is 14.6 Å². The van der Waals surface area contributed by atoms with Crippen LogP contribution in [0.1, 0.15) is 49.3 Å². The molecule has 3 heterocycles. The molecule has 130 valence electrons. The van der Waals surface area contributed by atoms with Gasteiger partial charge in [-0.2, -0.15) is 5.10 Å². The van der Waals surface area contributed by atoms with Crippen LogP contribution in [-0.4, -0.2) is 39.3 Å². The van der Waals surface area contributed by atoms with Gasteiger partial charge in [-0.1, -0.05) is 0 Å². The summed E-state index contributed by atoms with van der Waals surface area (Å²) in [6.07, 6.45) is 3.77. The summed E-state index contributed by atoms with van der Waals surface area (Å²) in [5.41, 5.74) is 5.14. The molecule has 5 heteroatoms. The Morgan fingerprint density at radius 2 is 1.92 bits per heavy atom. The molecule has 1 unspecified atom stereocenters. The van der Waals surface area contributed by atoms with E-state index in [0.717, 1.165) is 31.9 Å². The number of aromatic nitrogens is 3. The fraction of sp³-hybridized carbons (Fsp3) is 0.579. The number of nitrogens with zero attached hydrogens (tertiary/aromatic N) is 4. The monoisotopic (exact) mass is 327 g/mol. The van der Waals surface area contributed by atoms with Gasteiger partial charge in [0.15, 0.2) is 0 Å². The maximum Gasteiger partial charge on any atom is 0.0641 e. The number of rotatable bonds is 3. The molecule has 2 aromatic rings. The number of aryl methyl sites for hydroxylation is 1. The number of hydrogen-bond donors (Lipinski definition) is 1. The highest BCUT2D eigenvalue weighted by atomic mass is 15.3. The predicted octanol–water partition coefficient (Wildman–Crippen LogP) is 2.80. The molecule has 1 saturated heterocycles. The van der Waals surface area contributed by atoms with Gasteiger partial charge in [0.05, 0.1) is 11.2 Å². The molecule has 0 radical (unpaired) electrons. The molecule has 1 fully saturated rings. The zero-order chi connectivity index (χ0) is 17.3. The Kier molecular flexibility index (Phi) is 4.74. The molecule has 0 saturated carbocycles. The molecule has 1 aliphatic heterocycles. The van der Waals surface area contributed by atoms with Crippen molar-refractivity contribution in [1.29, 1.82) is 0 Å². The van der Waals surface area contributed by atoms with Crippen LogP contribution in [0, 0.1) is 13.8 Å². The van der Waals surface area contributed by atoms with E-state index < -0.39 is 0 Å². The highest BCUT2D eigenvalue weighted by molar-refractivity contribution is 5.26. The average Bonchev–Trinajstić information content (AvgIpc) is 2.84. The Morgan fingerprint density at radius 3 is 2.54 bits per heavy atom. The SMILES string of the molecule is Cc1nn(C(C)(C)C)c(C)c1CN1CCNCC1c1ccncc1. The first-order valence-electron chi connectivity index (χ1n) is 8.78. The topological polar surface area (TPSA) is 46.0 Å². The van der Waals surface area contributed by atoms with Gasteiger partial charge in [-0.15, -0.1) is 0 Å². The van der Waals surface area contributed by atoms with Gasteiger partial charge in [-0.05, 0) is 52.3 Å². The van der Waals surface area contributed by atoms with Crippen LogP contribution >= 0.6 is 0 Å². The first-order chi connectivity index (χ1) is 11.4. The van der Waals surface area contributed by atoms with Crippen LogP contribution in [0.4, 0.5) is 0 Å². The second kappa shape index (κ2) is 6.65. The van der Waals surface area contributed by atoms with Crippen molar-refractivity contribution in [2.24, 2.45) is 0 Å². The fourth-order valence-corrected chi connectivity index (χ4v) is 3.61. The first-order valence-corrected chi connectivity index (χ1v) is 8.78. The highest BCUT2D eigenvalue weighted by Crippen LogP contribution is 2.27. The van der Waals surface area contributed by atoms with Crippen molar-refractivity contribution in [3.63, 3.8) is 0 Å². The lowest BCUT2D eigenvalue weighted by molar-refractivity contribution is 0.153. The van der Waals surface area contributed by atoms with Gasteiger partial charge in [0.1, 0.15) is 0 Å². The summed E-state index contributed by atoms with van der Waals surface area (Å²) < 4.78 is 2.17. The Morgan fingerprint density at radius 1 is 1.21 bits per heavy atom. The third kappa shape index (κ3) is 3.37. The molecule has 1 atom stereocenters. The van der Waals surface area contributed by atoms with E-state index in [2.05, 4.69) is 66.6 Å². The zero-order valence-corrected chi connectivity index (χ0v) is 15.5. The van der Waals surface area contributed by atoms with E-state index in [9.17, 15) is 0 Å². The van der Waals surface area contributed by atoms with Crippen molar-refractivity contribution in [3.05, 3.63) is 47.0 Å². The third-order valence-corrected chi connectivity index (χ3v) is 4.88. The van der Waals surface area contributed by atoms with E-state index in [-0.39, 0.29) is 5.54 Å². The van der Waals surface area contributed by atoms with Gasteiger partial charge < -0.3 is 5.32 Å². The minimum Gasteiger partial charge on any atom is -0.314 e. The number of nitrogens with one attached hydrogen (secondary N) is 1. The summed E-state index contributed by atoms with van der Waals surface area (Å²) in [4.78, 5) is 6.72. The Balaban J connectivity index is 1.88. The van der Waals surface area contributed by atoms with E-state index in [0.29, 0.717) is 6.04 Å². The lowest BCUT2D eigenvalue weighted by Crippen LogP contribution is -2.45. The van der Waals surface area contributed by atoms with Crippen LogP contribution < -0.4 is 5.32 Å². The molecule has 0 amide bonds. The standard InChI is InChI=1S/C19H29N5/c1-14-17(15(2)24(22-14)19(3,4)5)13-23-11-10-21-12-18(23)16-6-8-20-9-7-16/h6-9,18,21H,10-13H2,1-5H3. The maximum atomic E-state index is 4.81. The summed E-state index contributed by atoms with van der Waals surface area (Å²) in [5, 5.41) is 8.33. The number of pyridine rings is 1. The van der Waals surface area contributed by atoms with Crippen LogP contribution in [0.15, 0.2) is 24.5 Å². The van der Waals surface area contributed by atoms with Gasteiger partial charge in [0.25, 0.3) is 0 Å². The molecular formula is C19H29N5. The quantitative estimate of drug-likeness (QED) is 0.942. The average molecular weight is 327 g/mol. The molecule has 1 aliphatic rings. The van der Waals surface area contributed by atoms with Crippen molar-refractivity contribution >= 4 is 0 Å². The summed E-state index contributed by atoms with van der Waals surface area (Å²) in [7, 11) is 0. The van der Waals surface area contributed by atoms with Crippen LogP contribution in [0.5, 0.6) is 0 Å². The summed E-state index contributed by atoms with van der Waals surface area (Å²) >= 11 is 0. The Hall–Kier alpha value is -1.72. The maximum absolute atomic E-state index is 4.81. The molecule has 5 nitrogen and oxygen atoms in total. The minimum atomic E-state index is 0.0149. The van der Waals surface area contributed by atoms with Crippen LogP contribution in [-0.2, 0) is 12.1 Å². The molecule has 0 aliphatic carbocycles. The van der Waals surface area contributed by atoms with E-state index in [1.807, 2.05) is 12.4 Å². The highest BCUT2D eigenvalue weighted by Gasteiger charge is 2.27. The predicted molar refractivity (Wildman–Crippen MR) is 97.0 cm³/mol.